The van der Waals surface area contributed by atoms with E-state index in [0.29, 0.717) is 18.5 Å². The summed E-state index contributed by atoms with van der Waals surface area (Å²) in [6.45, 7) is -0.727. The smallest absolute Gasteiger partial charge is 0.387 e. The minimum atomic E-state index is -3.12. The van der Waals surface area contributed by atoms with Crippen molar-refractivity contribution in [2.75, 3.05) is 13.1 Å². The van der Waals surface area contributed by atoms with Crippen molar-refractivity contribution in [3.8, 4) is 5.75 Å². The van der Waals surface area contributed by atoms with E-state index >= 15 is 0 Å². The molecule has 1 fully saturated rings. The van der Waals surface area contributed by atoms with E-state index in [1.54, 1.807) is 0 Å². The molecule has 1 aromatic rings. The van der Waals surface area contributed by atoms with Gasteiger partial charge in [-0.25, -0.2) is 9.18 Å². The summed E-state index contributed by atoms with van der Waals surface area (Å²) in [5, 5.41) is 11.7. The molecule has 2 rings (SSSR count). The van der Waals surface area contributed by atoms with Gasteiger partial charge in [0.2, 0.25) is 0 Å². The summed E-state index contributed by atoms with van der Waals surface area (Å²) in [6, 6.07) is 2.97. The van der Waals surface area contributed by atoms with Crippen LogP contribution in [0.2, 0.25) is 0 Å². The van der Waals surface area contributed by atoms with Gasteiger partial charge in [-0.15, -0.1) is 0 Å². The van der Waals surface area contributed by atoms with Crippen molar-refractivity contribution in [2.45, 2.75) is 26.5 Å². The third kappa shape index (κ3) is 5.27. The maximum Gasteiger partial charge on any atom is 0.387 e. The summed E-state index contributed by atoms with van der Waals surface area (Å²) in [6.07, 6.45) is 0.510. The topological polar surface area (TPSA) is 78.9 Å². The lowest BCUT2D eigenvalue weighted by Crippen LogP contribution is -2.49. The Morgan fingerprint density at radius 2 is 2.12 bits per heavy atom. The van der Waals surface area contributed by atoms with Gasteiger partial charge >= 0.3 is 18.6 Å². The van der Waals surface area contributed by atoms with E-state index in [2.05, 4.69) is 10.1 Å². The average Bonchev–Trinajstić information content (AvgIpc) is 2.53. The lowest BCUT2D eigenvalue weighted by atomic mass is 9.91. The molecule has 0 bridgehead atoms. The van der Waals surface area contributed by atoms with Crippen molar-refractivity contribution in [3.63, 3.8) is 0 Å². The molecule has 1 aliphatic rings. The Morgan fingerprint density at radius 1 is 1.40 bits per heavy atom. The number of carboxylic acids is 1. The second kappa shape index (κ2) is 8.09. The van der Waals surface area contributed by atoms with Gasteiger partial charge in [-0.05, 0) is 30.0 Å². The molecule has 25 heavy (non-hydrogen) atoms. The van der Waals surface area contributed by atoms with Gasteiger partial charge in [0.15, 0.2) is 11.6 Å². The van der Waals surface area contributed by atoms with Crippen LogP contribution in [0.5, 0.6) is 5.75 Å². The fourth-order valence-corrected chi connectivity index (χ4v) is 2.83. The predicted molar refractivity (Wildman–Crippen MR) is 81.7 cm³/mol. The fourth-order valence-electron chi connectivity index (χ4n) is 2.83. The number of benzene rings is 1. The van der Waals surface area contributed by atoms with Crippen LogP contribution in [0.25, 0.3) is 0 Å². The van der Waals surface area contributed by atoms with Crippen molar-refractivity contribution < 1.29 is 32.6 Å². The summed E-state index contributed by atoms with van der Waals surface area (Å²) < 4.78 is 41.8. The lowest BCUT2D eigenvalue weighted by molar-refractivity contribution is -0.143. The third-order valence-electron chi connectivity index (χ3n) is 3.95. The number of likely N-dealkylation sites (tertiary alicyclic amines) is 1. The van der Waals surface area contributed by atoms with E-state index in [9.17, 15) is 22.8 Å². The number of carboxylic acid groups (broad SMARTS) is 1. The summed E-state index contributed by atoms with van der Waals surface area (Å²) >= 11 is 0. The number of hydrogen-bond acceptors (Lipinski definition) is 3. The normalized spacial score (nSPS) is 20.4. The zero-order valence-electron chi connectivity index (χ0n) is 13.5. The average molecular weight is 360 g/mol. The van der Waals surface area contributed by atoms with Crippen LogP contribution in [0.1, 0.15) is 18.9 Å². The number of carbonyl (C=O) groups excluding carboxylic acids is 1. The molecule has 2 amide bonds. The van der Waals surface area contributed by atoms with Crippen LogP contribution < -0.4 is 10.1 Å². The van der Waals surface area contributed by atoms with E-state index in [0.717, 1.165) is 12.1 Å². The van der Waals surface area contributed by atoms with Crippen molar-refractivity contribution in [1.29, 1.82) is 0 Å². The van der Waals surface area contributed by atoms with Gasteiger partial charge in [0, 0.05) is 19.6 Å². The van der Waals surface area contributed by atoms with Gasteiger partial charge in [-0.3, -0.25) is 4.79 Å². The number of urea groups is 1. The Hall–Kier alpha value is -2.45. The largest absolute Gasteiger partial charge is 0.481 e. The maximum absolute atomic E-state index is 13.6. The Kier molecular flexibility index (Phi) is 6.11. The Bertz CT molecular complexity index is 642. The van der Waals surface area contributed by atoms with Crippen molar-refractivity contribution in [2.24, 2.45) is 11.8 Å². The second-order valence-electron chi connectivity index (χ2n) is 6.08. The van der Waals surface area contributed by atoms with Gasteiger partial charge in [0.1, 0.15) is 0 Å². The first-order chi connectivity index (χ1) is 11.8. The molecule has 2 atom stereocenters. The molecular weight excluding hydrogens is 341 g/mol. The minimum Gasteiger partial charge on any atom is -0.481 e. The Morgan fingerprint density at radius 3 is 2.72 bits per heavy atom. The minimum absolute atomic E-state index is 0.0205. The van der Waals surface area contributed by atoms with Crippen LogP contribution in [-0.4, -0.2) is 41.7 Å². The summed E-state index contributed by atoms with van der Waals surface area (Å²) in [4.78, 5) is 24.7. The van der Waals surface area contributed by atoms with Gasteiger partial charge in [-0.2, -0.15) is 8.78 Å². The number of carbonyl (C=O) groups is 2. The number of nitrogens with zero attached hydrogens (tertiary/aromatic N) is 1. The van der Waals surface area contributed by atoms with Crippen molar-refractivity contribution in [1.82, 2.24) is 10.2 Å². The van der Waals surface area contributed by atoms with E-state index in [1.165, 1.54) is 11.0 Å². The molecule has 2 N–H and O–H groups in total. The van der Waals surface area contributed by atoms with Crippen molar-refractivity contribution in [3.05, 3.63) is 29.6 Å². The van der Waals surface area contributed by atoms with Crippen LogP contribution in [0, 0.1) is 17.7 Å². The molecule has 1 heterocycles. The van der Waals surface area contributed by atoms with E-state index in [-0.39, 0.29) is 19.0 Å². The van der Waals surface area contributed by atoms with E-state index in [4.69, 9.17) is 5.11 Å². The number of ether oxygens (including phenoxy) is 1. The number of aliphatic carboxylic acids is 1. The van der Waals surface area contributed by atoms with E-state index in [1.807, 2.05) is 6.92 Å². The zero-order chi connectivity index (χ0) is 18.6. The van der Waals surface area contributed by atoms with Gasteiger partial charge in [0.05, 0.1) is 5.92 Å². The molecule has 2 unspecified atom stereocenters. The van der Waals surface area contributed by atoms with Gasteiger partial charge in [-0.1, -0.05) is 13.0 Å². The van der Waals surface area contributed by atoms with Crippen LogP contribution in [0.15, 0.2) is 18.2 Å². The molecule has 0 radical (unpaired) electrons. The highest BCUT2D eigenvalue weighted by Gasteiger charge is 2.31. The van der Waals surface area contributed by atoms with Crippen LogP contribution in [-0.2, 0) is 11.3 Å². The van der Waals surface area contributed by atoms with E-state index < -0.39 is 36.1 Å². The number of halogens is 3. The van der Waals surface area contributed by atoms with Crippen LogP contribution >= 0.6 is 0 Å². The SMILES string of the molecule is CC1CC(C(=O)O)CN(C(=O)NCc2ccc(OC(F)F)c(F)c2)C1. The second-order valence-corrected chi connectivity index (χ2v) is 6.08. The predicted octanol–water partition coefficient (Wildman–Crippen LogP) is 2.68. The molecule has 138 valence electrons. The highest BCUT2D eigenvalue weighted by atomic mass is 19.3. The molecule has 6 nitrogen and oxygen atoms in total. The van der Waals surface area contributed by atoms with Crippen LogP contribution in [0.4, 0.5) is 18.0 Å². The monoisotopic (exact) mass is 360 g/mol. The lowest BCUT2D eigenvalue weighted by Gasteiger charge is -2.34. The Labute approximate surface area is 142 Å². The third-order valence-corrected chi connectivity index (χ3v) is 3.95. The number of amides is 2. The van der Waals surface area contributed by atoms with Crippen LogP contribution in [0.3, 0.4) is 0 Å². The number of hydrogen-bond donors (Lipinski definition) is 2. The fraction of sp³-hybridized carbons (Fsp3) is 0.500. The maximum atomic E-state index is 13.6. The summed E-state index contributed by atoms with van der Waals surface area (Å²) in [5.74, 6) is -3.02. The molecule has 0 aliphatic carbocycles. The Balaban J connectivity index is 1.93. The van der Waals surface area contributed by atoms with Gasteiger partial charge in [0.25, 0.3) is 0 Å². The molecule has 9 heteroatoms. The molecule has 1 aliphatic heterocycles. The standard InChI is InChI=1S/C16H19F3N2O4/c1-9-4-11(14(22)23)8-21(7-9)16(24)20-6-10-2-3-13(12(17)5-10)25-15(18)19/h2-3,5,9,11,15H,4,6-8H2,1H3,(H,20,24)(H,22,23). The first-order valence-electron chi connectivity index (χ1n) is 7.75. The molecular formula is C16H19F3N2O4. The molecule has 0 aromatic heterocycles. The number of piperidine rings is 1. The first-order valence-corrected chi connectivity index (χ1v) is 7.75. The highest BCUT2D eigenvalue weighted by molar-refractivity contribution is 5.76. The number of rotatable bonds is 5. The molecule has 0 spiro atoms. The highest BCUT2D eigenvalue weighted by Crippen LogP contribution is 2.22. The molecule has 1 aromatic carbocycles. The quantitative estimate of drug-likeness (QED) is 0.846. The first kappa shape index (κ1) is 18.9. The molecule has 1 saturated heterocycles. The number of nitrogens with one attached hydrogen (secondary N) is 1. The van der Waals surface area contributed by atoms with Gasteiger partial charge < -0.3 is 20.1 Å². The number of alkyl halides is 2. The molecule has 0 saturated carbocycles. The zero-order valence-corrected chi connectivity index (χ0v) is 13.5. The van der Waals surface area contributed by atoms with Crippen molar-refractivity contribution >= 4 is 12.0 Å². The summed E-state index contributed by atoms with van der Waals surface area (Å²) in [7, 11) is 0. The summed E-state index contributed by atoms with van der Waals surface area (Å²) in [5.41, 5.74) is 0.368.